The molecule has 0 bridgehead atoms. The molecule has 0 saturated carbocycles. The van der Waals surface area contributed by atoms with Crippen LogP contribution in [-0.4, -0.2) is 14.2 Å². The van der Waals surface area contributed by atoms with Gasteiger partial charge in [0.05, 0.1) is 0 Å². The molecule has 1 aromatic rings. The van der Waals surface area contributed by atoms with Crippen LogP contribution in [0.3, 0.4) is 0 Å². The maximum atomic E-state index is 12.0. The number of hydrogen-bond acceptors (Lipinski definition) is 3. The molecule has 0 amide bonds. The van der Waals surface area contributed by atoms with E-state index in [9.17, 15) is 9.90 Å². The molecule has 1 rings (SSSR count). The number of hydrogen-bond donors (Lipinski definition) is 2. The van der Waals surface area contributed by atoms with Crippen LogP contribution in [0.25, 0.3) is 0 Å². The van der Waals surface area contributed by atoms with Crippen LogP contribution in [0.4, 0.5) is 0 Å². The van der Waals surface area contributed by atoms with E-state index in [0.717, 1.165) is 6.42 Å². The summed E-state index contributed by atoms with van der Waals surface area (Å²) in [5.74, 6) is -0.0416. The lowest BCUT2D eigenvalue weighted by molar-refractivity contribution is 0.352. The lowest BCUT2D eigenvalue weighted by Crippen LogP contribution is -2.35. The SMILES string of the molecule is CCCn1c(O)c(S)n(C(C)(C)C)c1=O. The molecule has 0 spiro atoms. The van der Waals surface area contributed by atoms with E-state index in [1.807, 2.05) is 27.7 Å². The van der Waals surface area contributed by atoms with Crippen molar-refractivity contribution in [3.8, 4) is 5.88 Å². The Bertz CT molecular complexity index is 412. The molecule has 0 aliphatic carbocycles. The predicted molar refractivity (Wildman–Crippen MR) is 62.9 cm³/mol. The van der Waals surface area contributed by atoms with Gasteiger partial charge in [-0.25, -0.2) is 4.79 Å². The quantitative estimate of drug-likeness (QED) is 0.761. The van der Waals surface area contributed by atoms with Crippen molar-refractivity contribution in [3.05, 3.63) is 10.5 Å². The van der Waals surface area contributed by atoms with E-state index in [0.29, 0.717) is 11.6 Å². The van der Waals surface area contributed by atoms with E-state index in [-0.39, 0.29) is 17.1 Å². The summed E-state index contributed by atoms with van der Waals surface area (Å²) in [5, 5.41) is 10.1. The zero-order chi connectivity index (χ0) is 11.8. The molecule has 0 aliphatic heterocycles. The van der Waals surface area contributed by atoms with E-state index >= 15 is 0 Å². The van der Waals surface area contributed by atoms with Gasteiger partial charge in [0.25, 0.3) is 0 Å². The van der Waals surface area contributed by atoms with Gasteiger partial charge in [-0.3, -0.25) is 9.13 Å². The van der Waals surface area contributed by atoms with Gasteiger partial charge in [-0.1, -0.05) is 6.92 Å². The zero-order valence-corrected chi connectivity index (χ0v) is 10.5. The highest BCUT2D eigenvalue weighted by Crippen LogP contribution is 2.25. The topological polar surface area (TPSA) is 47.2 Å². The Morgan fingerprint density at radius 2 is 1.93 bits per heavy atom. The molecule has 0 atom stereocenters. The van der Waals surface area contributed by atoms with Gasteiger partial charge >= 0.3 is 5.69 Å². The van der Waals surface area contributed by atoms with Gasteiger partial charge < -0.3 is 5.11 Å². The average Bonchev–Trinajstić information content (AvgIpc) is 2.29. The number of nitrogens with zero attached hydrogens (tertiary/aromatic N) is 2. The first-order chi connectivity index (χ1) is 6.80. The van der Waals surface area contributed by atoms with E-state index in [4.69, 9.17) is 0 Å². The van der Waals surface area contributed by atoms with Crippen molar-refractivity contribution >= 4 is 12.6 Å². The minimum atomic E-state index is -0.370. The molecule has 86 valence electrons. The average molecular weight is 230 g/mol. The van der Waals surface area contributed by atoms with E-state index in [2.05, 4.69) is 12.6 Å². The maximum absolute atomic E-state index is 12.0. The Balaban J connectivity index is 3.44. The second kappa shape index (κ2) is 3.96. The highest BCUT2D eigenvalue weighted by Gasteiger charge is 2.24. The maximum Gasteiger partial charge on any atom is 0.332 e. The van der Waals surface area contributed by atoms with Crippen molar-refractivity contribution in [2.24, 2.45) is 0 Å². The summed E-state index contributed by atoms with van der Waals surface area (Å²) < 4.78 is 2.86. The fourth-order valence-corrected chi connectivity index (χ4v) is 2.06. The van der Waals surface area contributed by atoms with Crippen LogP contribution in [0, 0.1) is 0 Å². The van der Waals surface area contributed by atoms with Crippen LogP contribution in [0.1, 0.15) is 34.1 Å². The molecule has 5 heteroatoms. The first-order valence-corrected chi connectivity index (χ1v) is 5.49. The van der Waals surface area contributed by atoms with Crippen molar-refractivity contribution < 1.29 is 5.11 Å². The van der Waals surface area contributed by atoms with E-state index < -0.39 is 0 Å². The molecule has 1 N–H and O–H groups in total. The predicted octanol–water partition coefficient (Wildman–Crippen LogP) is 1.81. The Labute approximate surface area is 94.9 Å². The van der Waals surface area contributed by atoms with Crippen molar-refractivity contribution in [1.29, 1.82) is 0 Å². The largest absolute Gasteiger partial charge is 0.492 e. The van der Waals surface area contributed by atoms with Crippen LogP contribution in [0.5, 0.6) is 5.88 Å². The summed E-state index contributed by atoms with van der Waals surface area (Å²) in [6.07, 6.45) is 0.800. The highest BCUT2D eigenvalue weighted by molar-refractivity contribution is 7.80. The standard InChI is InChI=1S/C10H18N2O2S/c1-5-6-11-7(13)8(15)12(9(11)14)10(2,3)4/h13,15H,5-6H2,1-4H3. The molecule has 1 heterocycles. The first-order valence-electron chi connectivity index (χ1n) is 5.04. The molecule has 0 radical (unpaired) electrons. The zero-order valence-electron chi connectivity index (χ0n) is 9.61. The fraction of sp³-hybridized carbons (Fsp3) is 0.700. The summed E-state index contributed by atoms with van der Waals surface area (Å²) in [6.45, 7) is 8.19. The third kappa shape index (κ3) is 2.07. The molecule has 0 fully saturated rings. The van der Waals surface area contributed by atoms with Gasteiger partial charge in [-0.2, -0.15) is 0 Å². The summed E-state index contributed by atoms with van der Waals surface area (Å²) >= 11 is 4.18. The number of aromatic hydroxyl groups is 1. The second-order valence-corrected chi connectivity index (χ2v) is 5.01. The summed E-state index contributed by atoms with van der Waals surface area (Å²) in [7, 11) is 0. The molecule has 0 aromatic carbocycles. The van der Waals surface area contributed by atoms with Gasteiger partial charge in [-0.15, -0.1) is 12.6 Å². The summed E-state index contributed by atoms with van der Waals surface area (Å²) in [6, 6.07) is 0. The van der Waals surface area contributed by atoms with Crippen molar-refractivity contribution in [1.82, 2.24) is 9.13 Å². The van der Waals surface area contributed by atoms with Crippen LogP contribution in [0.2, 0.25) is 0 Å². The Hall–Kier alpha value is -0.840. The molecule has 15 heavy (non-hydrogen) atoms. The molecule has 1 aromatic heterocycles. The lowest BCUT2D eigenvalue weighted by atomic mass is 10.1. The van der Waals surface area contributed by atoms with Crippen molar-refractivity contribution in [3.63, 3.8) is 0 Å². The van der Waals surface area contributed by atoms with Crippen LogP contribution < -0.4 is 5.69 Å². The lowest BCUT2D eigenvalue weighted by Gasteiger charge is -2.20. The molecule has 0 unspecified atom stereocenters. The molecule has 4 nitrogen and oxygen atoms in total. The molecular formula is C10H18N2O2S. The Morgan fingerprint density at radius 1 is 1.40 bits per heavy atom. The third-order valence-corrected chi connectivity index (χ3v) is 2.61. The second-order valence-electron chi connectivity index (χ2n) is 4.59. The smallest absolute Gasteiger partial charge is 0.332 e. The number of imidazole rings is 1. The summed E-state index contributed by atoms with van der Waals surface area (Å²) in [5.41, 5.74) is -0.572. The normalized spacial score (nSPS) is 12.1. The van der Waals surface area contributed by atoms with E-state index in [1.165, 1.54) is 9.13 Å². The van der Waals surface area contributed by atoms with Crippen LogP contribution in [0.15, 0.2) is 9.82 Å². The summed E-state index contributed by atoms with van der Waals surface area (Å²) in [4.78, 5) is 12.0. The number of rotatable bonds is 2. The van der Waals surface area contributed by atoms with Crippen molar-refractivity contribution in [2.45, 2.75) is 51.2 Å². The van der Waals surface area contributed by atoms with Crippen LogP contribution >= 0.6 is 12.6 Å². The molecular weight excluding hydrogens is 212 g/mol. The van der Waals surface area contributed by atoms with Gasteiger partial charge in [0.2, 0.25) is 5.88 Å². The Kier molecular flexibility index (Phi) is 3.23. The fourth-order valence-electron chi connectivity index (χ4n) is 1.55. The minimum absolute atomic E-state index is 0.0416. The third-order valence-electron chi connectivity index (χ3n) is 2.21. The van der Waals surface area contributed by atoms with Crippen LogP contribution in [-0.2, 0) is 12.1 Å². The van der Waals surface area contributed by atoms with Gasteiger partial charge in [-0.05, 0) is 27.2 Å². The number of thiol groups is 1. The monoisotopic (exact) mass is 230 g/mol. The van der Waals surface area contributed by atoms with Crippen molar-refractivity contribution in [2.75, 3.05) is 0 Å². The van der Waals surface area contributed by atoms with E-state index in [1.54, 1.807) is 0 Å². The Morgan fingerprint density at radius 3 is 2.27 bits per heavy atom. The minimum Gasteiger partial charge on any atom is -0.492 e. The molecule has 0 saturated heterocycles. The van der Waals surface area contributed by atoms with Gasteiger partial charge in [0, 0.05) is 12.1 Å². The van der Waals surface area contributed by atoms with Gasteiger partial charge in [0.1, 0.15) is 5.03 Å². The first kappa shape index (κ1) is 12.2. The van der Waals surface area contributed by atoms with Gasteiger partial charge in [0.15, 0.2) is 0 Å². The highest BCUT2D eigenvalue weighted by atomic mass is 32.1. The molecule has 0 aliphatic rings. The number of aromatic nitrogens is 2.